The number of rotatable bonds is 4. The lowest BCUT2D eigenvalue weighted by Gasteiger charge is -2.30. The van der Waals surface area contributed by atoms with Gasteiger partial charge in [0.25, 0.3) is 0 Å². The minimum Gasteiger partial charge on any atom is -0.465 e. The molecule has 0 radical (unpaired) electrons. The zero-order valence-electron chi connectivity index (χ0n) is 12.5. The molecule has 1 aliphatic heterocycles. The van der Waals surface area contributed by atoms with Crippen molar-refractivity contribution in [3.63, 3.8) is 0 Å². The molecule has 1 fully saturated rings. The van der Waals surface area contributed by atoms with E-state index in [2.05, 4.69) is 6.92 Å². The number of hydrogen-bond acceptors (Lipinski definition) is 4. The minimum atomic E-state index is -3.49. The van der Waals surface area contributed by atoms with Gasteiger partial charge in [-0.3, -0.25) is 0 Å². The van der Waals surface area contributed by atoms with Gasteiger partial charge in [-0.2, -0.15) is 4.31 Å². The zero-order chi connectivity index (χ0) is 14.9. The Morgan fingerprint density at radius 3 is 2.35 bits per heavy atom. The molecule has 6 heteroatoms. The summed E-state index contributed by atoms with van der Waals surface area (Å²) in [7, 11) is -3.49. The lowest BCUT2D eigenvalue weighted by molar-refractivity contribution is 0.268. The normalized spacial score (nSPS) is 18.6. The molecule has 20 heavy (non-hydrogen) atoms. The molecule has 0 saturated carbocycles. The number of sulfonamides is 1. The van der Waals surface area contributed by atoms with Crippen molar-refractivity contribution >= 4 is 10.0 Å². The second-order valence-electron chi connectivity index (χ2n) is 5.48. The van der Waals surface area contributed by atoms with E-state index in [9.17, 15) is 8.42 Å². The Kier molecular flexibility index (Phi) is 4.56. The lowest BCUT2D eigenvalue weighted by atomic mass is 9.96. The van der Waals surface area contributed by atoms with Crippen LogP contribution in [0.25, 0.3) is 0 Å². The predicted octanol–water partition coefficient (Wildman–Crippen LogP) is 2.17. The highest BCUT2D eigenvalue weighted by molar-refractivity contribution is 7.89. The van der Waals surface area contributed by atoms with Crippen LogP contribution < -0.4 is 5.73 Å². The Morgan fingerprint density at radius 2 is 1.85 bits per heavy atom. The van der Waals surface area contributed by atoms with Crippen molar-refractivity contribution in [3.05, 3.63) is 17.1 Å². The Labute approximate surface area is 121 Å². The van der Waals surface area contributed by atoms with Gasteiger partial charge in [-0.05, 0) is 32.6 Å². The summed E-state index contributed by atoms with van der Waals surface area (Å²) >= 11 is 0. The van der Waals surface area contributed by atoms with Crippen molar-refractivity contribution in [1.29, 1.82) is 0 Å². The number of nitrogens with two attached hydrogens (primary N) is 1. The number of furan rings is 1. The van der Waals surface area contributed by atoms with E-state index in [1.807, 2.05) is 0 Å². The van der Waals surface area contributed by atoms with E-state index in [4.69, 9.17) is 10.2 Å². The molecule has 2 rings (SSSR count). The van der Waals surface area contributed by atoms with Crippen molar-refractivity contribution in [3.8, 4) is 0 Å². The first-order chi connectivity index (χ1) is 9.41. The monoisotopic (exact) mass is 300 g/mol. The maximum absolute atomic E-state index is 12.8. The molecule has 2 N–H and O–H groups in total. The van der Waals surface area contributed by atoms with E-state index in [0.717, 1.165) is 19.3 Å². The van der Waals surface area contributed by atoms with Crippen LogP contribution in [-0.4, -0.2) is 25.8 Å². The van der Waals surface area contributed by atoms with Crippen molar-refractivity contribution < 1.29 is 12.8 Å². The van der Waals surface area contributed by atoms with Crippen LogP contribution in [0.15, 0.2) is 9.31 Å². The van der Waals surface area contributed by atoms with Gasteiger partial charge in [0.15, 0.2) is 0 Å². The fourth-order valence-corrected chi connectivity index (χ4v) is 4.86. The van der Waals surface area contributed by atoms with Crippen molar-refractivity contribution in [2.24, 2.45) is 11.7 Å². The van der Waals surface area contributed by atoms with E-state index >= 15 is 0 Å². The molecule has 0 aliphatic carbocycles. The van der Waals surface area contributed by atoms with Gasteiger partial charge in [0.05, 0.1) is 0 Å². The van der Waals surface area contributed by atoms with Crippen molar-refractivity contribution in [1.82, 2.24) is 4.31 Å². The molecule has 1 aliphatic rings. The molecule has 0 spiro atoms. The van der Waals surface area contributed by atoms with Gasteiger partial charge in [0.2, 0.25) is 10.0 Å². The summed E-state index contributed by atoms with van der Waals surface area (Å²) in [6.07, 6.45) is 2.99. The van der Waals surface area contributed by atoms with Crippen molar-refractivity contribution in [2.45, 2.75) is 51.5 Å². The fraction of sp³-hybridized carbons (Fsp3) is 0.714. The predicted molar refractivity (Wildman–Crippen MR) is 77.8 cm³/mol. The second kappa shape index (κ2) is 5.87. The van der Waals surface area contributed by atoms with Gasteiger partial charge in [0, 0.05) is 25.2 Å². The van der Waals surface area contributed by atoms with Gasteiger partial charge in [-0.1, -0.05) is 13.3 Å². The Hall–Kier alpha value is -0.850. The summed E-state index contributed by atoms with van der Waals surface area (Å²) < 4.78 is 32.7. The third-order valence-electron chi connectivity index (χ3n) is 4.28. The number of piperidine rings is 1. The molecule has 2 heterocycles. The van der Waals surface area contributed by atoms with Gasteiger partial charge in [-0.25, -0.2) is 8.42 Å². The quantitative estimate of drug-likeness (QED) is 0.924. The Balaban J connectivity index is 2.32. The van der Waals surface area contributed by atoms with Crippen LogP contribution in [0.5, 0.6) is 0 Å². The molecule has 1 aromatic heterocycles. The maximum atomic E-state index is 12.8. The van der Waals surface area contributed by atoms with E-state index in [-0.39, 0.29) is 11.4 Å². The third-order valence-corrected chi connectivity index (χ3v) is 6.37. The van der Waals surface area contributed by atoms with Crippen LogP contribution in [0, 0.1) is 19.8 Å². The molecule has 0 aromatic carbocycles. The summed E-state index contributed by atoms with van der Waals surface area (Å²) in [4.78, 5) is 0.285. The van der Waals surface area contributed by atoms with Gasteiger partial charge in [0.1, 0.15) is 16.4 Å². The number of nitrogens with zero attached hydrogens (tertiary/aromatic N) is 1. The van der Waals surface area contributed by atoms with E-state index in [1.165, 1.54) is 0 Å². The van der Waals surface area contributed by atoms with E-state index < -0.39 is 10.0 Å². The highest BCUT2D eigenvalue weighted by Gasteiger charge is 2.34. The first-order valence-corrected chi connectivity index (χ1v) is 8.64. The van der Waals surface area contributed by atoms with Crippen LogP contribution in [0.1, 0.15) is 43.3 Å². The first-order valence-electron chi connectivity index (χ1n) is 7.20. The molecular formula is C14H24N2O3S. The van der Waals surface area contributed by atoms with E-state index in [1.54, 1.807) is 18.2 Å². The molecule has 0 amide bonds. The van der Waals surface area contributed by atoms with Crippen LogP contribution in [0.4, 0.5) is 0 Å². The van der Waals surface area contributed by atoms with Crippen LogP contribution in [0.2, 0.25) is 0 Å². The summed E-state index contributed by atoms with van der Waals surface area (Å²) in [6, 6.07) is 0. The molecule has 5 nitrogen and oxygen atoms in total. The van der Waals surface area contributed by atoms with Gasteiger partial charge in [-0.15, -0.1) is 0 Å². The first kappa shape index (κ1) is 15.5. The third kappa shape index (κ3) is 2.64. The summed E-state index contributed by atoms with van der Waals surface area (Å²) in [5, 5.41) is 0. The summed E-state index contributed by atoms with van der Waals surface area (Å²) in [5.74, 6) is 1.69. The number of aryl methyl sites for hydroxylation is 2. The average Bonchev–Trinajstić information content (AvgIpc) is 2.73. The summed E-state index contributed by atoms with van der Waals surface area (Å²) in [6.45, 7) is 6.98. The van der Waals surface area contributed by atoms with E-state index in [0.29, 0.717) is 36.1 Å². The standard InChI is InChI=1S/C14H24N2O3S/c1-4-12-5-7-16(8-6-12)20(17,18)14-11(3)19-10(2)13(14)9-15/h12H,4-9,15H2,1-3H3. The molecule has 0 unspecified atom stereocenters. The van der Waals surface area contributed by atoms with Gasteiger partial charge >= 0.3 is 0 Å². The molecule has 1 saturated heterocycles. The minimum absolute atomic E-state index is 0.184. The van der Waals surface area contributed by atoms with Crippen LogP contribution in [0.3, 0.4) is 0 Å². The molecule has 114 valence electrons. The van der Waals surface area contributed by atoms with Crippen molar-refractivity contribution in [2.75, 3.05) is 13.1 Å². The Morgan fingerprint density at radius 1 is 1.25 bits per heavy atom. The molecule has 1 aromatic rings. The fourth-order valence-electron chi connectivity index (χ4n) is 2.97. The molecule has 0 bridgehead atoms. The second-order valence-corrected chi connectivity index (χ2v) is 7.36. The highest BCUT2D eigenvalue weighted by atomic mass is 32.2. The lowest BCUT2D eigenvalue weighted by Crippen LogP contribution is -2.38. The topological polar surface area (TPSA) is 76.5 Å². The average molecular weight is 300 g/mol. The SMILES string of the molecule is CCC1CCN(S(=O)(=O)c2c(C)oc(C)c2CN)CC1. The Bertz CT molecular complexity index is 569. The molecular weight excluding hydrogens is 276 g/mol. The smallest absolute Gasteiger partial charge is 0.246 e. The van der Waals surface area contributed by atoms with Crippen LogP contribution >= 0.6 is 0 Å². The maximum Gasteiger partial charge on any atom is 0.246 e. The van der Waals surface area contributed by atoms with Gasteiger partial charge < -0.3 is 10.2 Å². The number of hydrogen-bond donors (Lipinski definition) is 1. The summed E-state index contributed by atoms with van der Waals surface area (Å²) in [5.41, 5.74) is 6.30. The largest absolute Gasteiger partial charge is 0.465 e. The molecule has 0 atom stereocenters. The van der Waals surface area contributed by atoms with Crippen LogP contribution in [-0.2, 0) is 16.6 Å². The highest BCUT2D eigenvalue weighted by Crippen LogP contribution is 2.31. The zero-order valence-corrected chi connectivity index (χ0v) is 13.3.